The highest BCUT2D eigenvalue weighted by Gasteiger charge is 2.02. The number of nitrogens with zero attached hydrogens (tertiary/aromatic N) is 2. The number of nitro groups is 1. The first kappa shape index (κ1) is 15.4. The van der Waals surface area contributed by atoms with Crippen LogP contribution in [0.3, 0.4) is 0 Å². The lowest BCUT2D eigenvalue weighted by Gasteiger charge is -2.03. The van der Waals surface area contributed by atoms with Gasteiger partial charge in [0.2, 0.25) is 5.91 Å². The highest BCUT2D eigenvalue weighted by atomic mass is 16.6. The second-order valence-electron chi connectivity index (χ2n) is 4.56. The van der Waals surface area contributed by atoms with Gasteiger partial charge in [0, 0.05) is 30.5 Å². The zero-order valence-electron chi connectivity index (χ0n) is 12.0. The van der Waals surface area contributed by atoms with E-state index < -0.39 is 4.92 Å². The van der Waals surface area contributed by atoms with E-state index in [1.165, 1.54) is 12.1 Å². The first-order valence-electron chi connectivity index (χ1n) is 6.77. The van der Waals surface area contributed by atoms with Crippen LogP contribution in [-0.2, 0) is 4.79 Å². The van der Waals surface area contributed by atoms with Crippen molar-refractivity contribution < 1.29 is 9.72 Å². The number of hydrogen-bond donors (Lipinski definition) is 1. The number of rotatable bonds is 5. The standard InChI is InChI=1S/C16H15N3O3/c1-2-16(20)18-14-7-5-13(6-8-14)17-11-12-3-9-15(10-4-12)19(21)22/h3-11H,2H2,1H3,(H,18,20). The van der Waals surface area contributed by atoms with Gasteiger partial charge in [-0.15, -0.1) is 0 Å². The van der Waals surface area contributed by atoms with E-state index in [0.717, 1.165) is 16.9 Å². The Balaban J connectivity index is 2.03. The molecule has 2 rings (SSSR count). The van der Waals surface area contributed by atoms with Crippen LogP contribution in [0.5, 0.6) is 0 Å². The summed E-state index contributed by atoms with van der Waals surface area (Å²) in [5.41, 5.74) is 2.27. The molecule has 0 radical (unpaired) electrons. The predicted molar refractivity (Wildman–Crippen MR) is 85.7 cm³/mol. The van der Waals surface area contributed by atoms with Crippen LogP contribution in [-0.4, -0.2) is 17.0 Å². The molecule has 0 aliphatic rings. The van der Waals surface area contributed by atoms with Crippen LogP contribution >= 0.6 is 0 Å². The zero-order valence-corrected chi connectivity index (χ0v) is 12.0. The summed E-state index contributed by atoms with van der Waals surface area (Å²) in [5, 5.41) is 13.3. The van der Waals surface area contributed by atoms with E-state index in [1.807, 2.05) is 0 Å². The average Bonchev–Trinajstić information content (AvgIpc) is 2.54. The number of carbonyl (C=O) groups is 1. The van der Waals surface area contributed by atoms with Gasteiger partial charge in [-0.25, -0.2) is 0 Å². The molecule has 2 aromatic carbocycles. The number of aliphatic imine (C=N–C) groups is 1. The third-order valence-corrected chi connectivity index (χ3v) is 2.94. The van der Waals surface area contributed by atoms with Crippen LogP contribution in [0, 0.1) is 10.1 Å². The second-order valence-corrected chi connectivity index (χ2v) is 4.56. The largest absolute Gasteiger partial charge is 0.326 e. The number of benzene rings is 2. The van der Waals surface area contributed by atoms with Gasteiger partial charge in [-0.2, -0.15) is 0 Å². The number of amides is 1. The minimum atomic E-state index is -0.440. The van der Waals surface area contributed by atoms with Crippen molar-refractivity contribution in [1.29, 1.82) is 0 Å². The zero-order chi connectivity index (χ0) is 15.9. The Morgan fingerprint density at radius 3 is 2.36 bits per heavy atom. The van der Waals surface area contributed by atoms with E-state index in [1.54, 1.807) is 49.5 Å². The Kier molecular flexibility index (Phi) is 4.98. The third-order valence-electron chi connectivity index (χ3n) is 2.94. The van der Waals surface area contributed by atoms with Crippen LogP contribution in [0.4, 0.5) is 17.1 Å². The molecule has 0 spiro atoms. The fraction of sp³-hybridized carbons (Fsp3) is 0.125. The minimum Gasteiger partial charge on any atom is -0.326 e. The number of hydrogen-bond acceptors (Lipinski definition) is 4. The molecule has 0 aliphatic heterocycles. The van der Waals surface area contributed by atoms with E-state index >= 15 is 0 Å². The van der Waals surface area contributed by atoms with Crippen LogP contribution in [0.2, 0.25) is 0 Å². The van der Waals surface area contributed by atoms with Gasteiger partial charge in [-0.1, -0.05) is 6.92 Å². The molecule has 0 aromatic heterocycles. The molecule has 0 saturated heterocycles. The lowest BCUT2D eigenvalue weighted by Crippen LogP contribution is -2.08. The summed E-state index contributed by atoms with van der Waals surface area (Å²) in [4.78, 5) is 25.7. The molecule has 112 valence electrons. The fourth-order valence-corrected chi connectivity index (χ4v) is 1.71. The van der Waals surface area contributed by atoms with E-state index in [0.29, 0.717) is 6.42 Å². The van der Waals surface area contributed by atoms with Gasteiger partial charge in [-0.05, 0) is 42.0 Å². The van der Waals surface area contributed by atoms with Crippen LogP contribution < -0.4 is 5.32 Å². The van der Waals surface area contributed by atoms with Crippen molar-refractivity contribution >= 4 is 29.2 Å². The molecule has 6 heteroatoms. The average molecular weight is 297 g/mol. The maximum atomic E-state index is 11.3. The van der Waals surface area contributed by atoms with Gasteiger partial charge in [-0.3, -0.25) is 19.9 Å². The van der Waals surface area contributed by atoms with Crippen molar-refractivity contribution in [1.82, 2.24) is 0 Å². The second kappa shape index (κ2) is 7.12. The summed E-state index contributed by atoms with van der Waals surface area (Å²) in [6.07, 6.45) is 2.06. The van der Waals surface area contributed by atoms with E-state index in [9.17, 15) is 14.9 Å². The topological polar surface area (TPSA) is 84.6 Å². The highest BCUT2D eigenvalue weighted by molar-refractivity contribution is 5.90. The van der Waals surface area contributed by atoms with E-state index in [4.69, 9.17) is 0 Å². The van der Waals surface area contributed by atoms with Gasteiger partial charge < -0.3 is 5.32 Å². The normalized spacial score (nSPS) is 10.6. The number of anilines is 1. The molecule has 6 nitrogen and oxygen atoms in total. The predicted octanol–water partition coefficient (Wildman–Crippen LogP) is 3.69. The Labute approximate surface area is 127 Å². The van der Waals surface area contributed by atoms with Gasteiger partial charge in [0.25, 0.3) is 5.69 Å². The van der Waals surface area contributed by atoms with Crippen LogP contribution in [0.25, 0.3) is 0 Å². The number of carbonyl (C=O) groups excluding carboxylic acids is 1. The maximum absolute atomic E-state index is 11.3. The fourth-order valence-electron chi connectivity index (χ4n) is 1.71. The molecular weight excluding hydrogens is 282 g/mol. The van der Waals surface area contributed by atoms with Crippen molar-refractivity contribution in [3.63, 3.8) is 0 Å². The summed E-state index contributed by atoms with van der Waals surface area (Å²) >= 11 is 0. The summed E-state index contributed by atoms with van der Waals surface area (Å²) in [6, 6.07) is 13.3. The Bertz CT molecular complexity index is 692. The van der Waals surface area contributed by atoms with Crippen LogP contribution in [0.1, 0.15) is 18.9 Å². The third kappa shape index (κ3) is 4.24. The SMILES string of the molecule is CCC(=O)Nc1ccc(N=Cc2ccc([N+](=O)[O-])cc2)cc1. The molecule has 1 N–H and O–H groups in total. The monoisotopic (exact) mass is 297 g/mol. The molecule has 0 atom stereocenters. The van der Waals surface area contributed by atoms with Crippen molar-refractivity contribution in [2.24, 2.45) is 4.99 Å². The smallest absolute Gasteiger partial charge is 0.269 e. The number of non-ortho nitro benzene ring substituents is 1. The van der Waals surface area contributed by atoms with Crippen molar-refractivity contribution in [2.45, 2.75) is 13.3 Å². The Hall–Kier alpha value is -3.02. The van der Waals surface area contributed by atoms with E-state index in [-0.39, 0.29) is 11.6 Å². The van der Waals surface area contributed by atoms with Crippen LogP contribution in [0.15, 0.2) is 53.5 Å². The quantitative estimate of drug-likeness (QED) is 0.519. The van der Waals surface area contributed by atoms with Crippen molar-refractivity contribution in [3.8, 4) is 0 Å². The molecule has 0 unspecified atom stereocenters. The number of nitrogens with one attached hydrogen (secondary N) is 1. The molecule has 0 heterocycles. The first-order valence-corrected chi connectivity index (χ1v) is 6.77. The highest BCUT2D eigenvalue weighted by Crippen LogP contribution is 2.17. The Morgan fingerprint density at radius 2 is 1.82 bits per heavy atom. The summed E-state index contributed by atoms with van der Waals surface area (Å²) in [6.45, 7) is 1.79. The molecule has 0 saturated carbocycles. The summed E-state index contributed by atoms with van der Waals surface area (Å²) in [7, 11) is 0. The molecule has 22 heavy (non-hydrogen) atoms. The van der Waals surface area contributed by atoms with Gasteiger partial charge in [0.05, 0.1) is 10.6 Å². The Morgan fingerprint density at radius 1 is 1.18 bits per heavy atom. The molecule has 0 bridgehead atoms. The minimum absolute atomic E-state index is 0.0397. The summed E-state index contributed by atoms with van der Waals surface area (Å²) < 4.78 is 0. The molecule has 1 amide bonds. The summed E-state index contributed by atoms with van der Waals surface area (Å²) in [5.74, 6) is -0.0397. The van der Waals surface area contributed by atoms with E-state index in [2.05, 4.69) is 10.3 Å². The lowest BCUT2D eigenvalue weighted by molar-refractivity contribution is -0.384. The molecule has 0 aliphatic carbocycles. The molecule has 2 aromatic rings. The van der Waals surface area contributed by atoms with Gasteiger partial charge >= 0.3 is 0 Å². The molecular formula is C16H15N3O3. The van der Waals surface area contributed by atoms with Gasteiger partial charge in [0.15, 0.2) is 0 Å². The molecule has 0 fully saturated rings. The number of nitro benzene ring substituents is 1. The first-order chi connectivity index (χ1) is 10.6. The van der Waals surface area contributed by atoms with Gasteiger partial charge in [0.1, 0.15) is 0 Å². The van der Waals surface area contributed by atoms with Crippen molar-refractivity contribution in [3.05, 3.63) is 64.2 Å². The lowest BCUT2D eigenvalue weighted by atomic mass is 10.2. The maximum Gasteiger partial charge on any atom is 0.269 e. The van der Waals surface area contributed by atoms with Crippen molar-refractivity contribution in [2.75, 3.05) is 5.32 Å².